The third kappa shape index (κ3) is 17.9. The number of methoxy groups -OCH3 is 4. The molecule has 0 aliphatic heterocycles. The Balaban J connectivity index is 3.40. The van der Waals surface area contributed by atoms with Crippen LogP contribution in [-0.2, 0) is 59.0 Å². The van der Waals surface area contributed by atoms with Gasteiger partial charge in [0.15, 0.2) is 8.32 Å². The summed E-state index contributed by atoms with van der Waals surface area (Å²) in [6.45, 7) is 23.0. The summed E-state index contributed by atoms with van der Waals surface area (Å²) in [6, 6.07) is 8.42. The first-order valence-electron chi connectivity index (χ1n) is 18.6. The molecule has 0 amide bonds. The van der Waals surface area contributed by atoms with E-state index in [9.17, 15) is 4.79 Å². The Morgan fingerprint density at radius 1 is 0.885 bits per heavy atom. The lowest BCUT2D eigenvalue weighted by atomic mass is 9.76. The van der Waals surface area contributed by atoms with Crippen molar-refractivity contribution < 1.29 is 47.1 Å². The number of hydrogen-bond donors (Lipinski definition) is 0. The molecule has 0 saturated carbocycles. The molecule has 0 spiro atoms. The largest absolute Gasteiger partial charge is 0.466 e. The van der Waals surface area contributed by atoms with E-state index in [4.69, 9.17) is 42.3 Å². The maximum atomic E-state index is 11.6. The summed E-state index contributed by atoms with van der Waals surface area (Å²) in [5.41, 5.74) is 2.97. The zero-order valence-corrected chi connectivity index (χ0v) is 35.7. The van der Waals surface area contributed by atoms with Crippen molar-refractivity contribution in [2.24, 2.45) is 5.92 Å². The second kappa shape index (κ2) is 25.2. The molecular formula is C41H72O10Si. The Labute approximate surface area is 317 Å². The Hall–Kier alpha value is -1.93. The first-order chi connectivity index (χ1) is 24.6. The highest BCUT2D eigenvalue weighted by atomic mass is 28.4. The van der Waals surface area contributed by atoms with Crippen molar-refractivity contribution in [3.05, 3.63) is 59.2 Å². The van der Waals surface area contributed by atoms with Crippen molar-refractivity contribution >= 4 is 14.3 Å². The summed E-state index contributed by atoms with van der Waals surface area (Å²) < 4.78 is 52.1. The van der Waals surface area contributed by atoms with Gasteiger partial charge in [0.05, 0.1) is 58.5 Å². The van der Waals surface area contributed by atoms with Gasteiger partial charge in [0.25, 0.3) is 0 Å². The highest BCUT2D eigenvalue weighted by Gasteiger charge is 2.41. The maximum Gasteiger partial charge on any atom is 0.330 e. The molecule has 0 aliphatic rings. The van der Waals surface area contributed by atoms with Crippen LogP contribution in [0.3, 0.4) is 0 Å². The van der Waals surface area contributed by atoms with E-state index in [-0.39, 0.29) is 48.8 Å². The molecule has 300 valence electrons. The standard InChI is InChI=1S/C41H72O10Si/c1-14-33(29-49-30-47-23-21-43-8)25-32(2)37(51-52(12,13)40(3,4)5)27-36(45-10)28-38(50-31-48-24-22-44-9)41(6,7)35-19-15-17-34(26-35)18-16-20-39(42)46-11/h15-17,19-20,25-26,33,36-38H,14,18,21-24,27-31H2,1-13H3/b20-16+,32-25-/t33-,36-,37-,38+/m1/s1. The number of carbonyl (C=O) groups excluding carboxylic acids is 1. The molecule has 1 rings (SSSR count). The summed E-state index contributed by atoms with van der Waals surface area (Å²) in [6.07, 6.45) is 7.83. The van der Waals surface area contributed by atoms with Crippen LogP contribution >= 0.6 is 0 Å². The fourth-order valence-electron chi connectivity index (χ4n) is 5.39. The van der Waals surface area contributed by atoms with Crippen LogP contribution in [0.15, 0.2) is 48.1 Å². The minimum absolute atomic E-state index is 0.0329. The lowest BCUT2D eigenvalue weighted by Crippen LogP contribution is -2.46. The van der Waals surface area contributed by atoms with Gasteiger partial charge in [0.1, 0.15) is 13.6 Å². The van der Waals surface area contributed by atoms with Gasteiger partial charge >= 0.3 is 5.97 Å². The molecule has 1 aromatic rings. The predicted octanol–water partition coefficient (Wildman–Crippen LogP) is 8.04. The van der Waals surface area contributed by atoms with E-state index in [1.807, 2.05) is 6.08 Å². The van der Waals surface area contributed by atoms with Crippen LogP contribution < -0.4 is 0 Å². The minimum atomic E-state index is -2.16. The van der Waals surface area contributed by atoms with Gasteiger partial charge in [-0.2, -0.15) is 0 Å². The molecule has 0 aromatic heterocycles. The molecule has 1 aromatic carbocycles. The van der Waals surface area contributed by atoms with Crippen LogP contribution in [0.25, 0.3) is 0 Å². The Morgan fingerprint density at radius 3 is 2.12 bits per heavy atom. The number of carbonyl (C=O) groups is 1. The number of allylic oxidation sites excluding steroid dienone is 1. The van der Waals surface area contributed by atoms with Gasteiger partial charge in [-0.1, -0.05) is 78.0 Å². The molecule has 0 heterocycles. The third-order valence-electron chi connectivity index (χ3n) is 10.1. The molecule has 0 N–H and O–H groups in total. The molecule has 0 fully saturated rings. The smallest absolute Gasteiger partial charge is 0.330 e. The molecule has 0 saturated heterocycles. The fourth-order valence-corrected chi connectivity index (χ4v) is 6.74. The van der Waals surface area contributed by atoms with Gasteiger partial charge in [-0.25, -0.2) is 4.79 Å². The fraction of sp³-hybridized carbons (Fsp3) is 0.732. The monoisotopic (exact) mass is 752 g/mol. The van der Waals surface area contributed by atoms with E-state index >= 15 is 0 Å². The van der Waals surface area contributed by atoms with Gasteiger partial charge < -0.3 is 42.3 Å². The Kier molecular flexibility index (Phi) is 23.3. The van der Waals surface area contributed by atoms with Crippen LogP contribution in [0.1, 0.15) is 78.9 Å². The van der Waals surface area contributed by atoms with E-state index in [0.29, 0.717) is 52.3 Å². The zero-order valence-electron chi connectivity index (χ0n) is 34.7. The van der Waals surface area contributed by atoms with Gasteiger partial charge in [-0.15, -0.1) is 0 Å². The molecule has 10 nitrogen and oxygen atoms in total. The second-order valence-corrected chi connectivity index (χ2v) is 20.1. The summed E-state index contributed by atoms with van der Waals surface area (Å²) >= 11 is 0. The van der Waals surface area contributed by atoms with Crippen molar-refractivity contribution in [2.75, 3.05) is 75.1 Å². The number of rotatable bonds is 28. The highest BCUT2D eigenvalue weighted by Crippen LogP contribution is 2.40. The van der Waals surface area contributed by atoms with Gasteiger partial charge in [0, 0.05) is 51.6 Å². The van der Waals surface area contributed by atoms with Crippen molar-refractivity contribution in [3.63, 3.8) is 0 Å². The predicted molar refractivity (Wildman–Crippen MR) is 210 cm³/mol. The highest BCUT2D eigenvalue weighted by molar-refractivity contribution is 6.74. The molecule has 11 heteroatoms. The van der Waals surface area contributed by atoms with Crippen LogP contribution in [-0.4, -0.2) is 108 Å². The lowest BCUT2D eigenvalue weighted by molar-refractivity contribution is -0.134. The second-order valence-electron chi connectivity index (χ2n) is 15.4. The van der Waals surface area contributed by atoms with Crippen LogP contribution in [0.2, 0.25) is 18.1 Å². The SMILES string of the molecule is CC[C@H](/C=C(/C)[C@@H](C[C@H](C[C@H](OCOCCOC)C(C)(C)c1cccc(C/C=C/C(=O)OC)c1)OC)O[Si](C)(C)C(C)(C)C)COCOCCOC. The lowest BCUT2D eigenvalue weighted by Gasteiger charge is -2.41. The van der Waals surface area contributed by atoms with Crippen LogP contribution in [0, 0.1) is 5.92 Å². The first kappa shape index (κ1) is 48.1. The summed E-state index contributed by atoms with van der Waals surface area (Å²) in [5, 5.41) is 0.0329. The van der Waals surface area contributed by atoms with E-state index in [2.05, 4.69) is 91.9 Å². The van der Waals surface area contributed by atoms with Gasteiger partial charge in [-0.05, 0) is 54.6 Å². The number of esters is 1. The minimum Gasteiger partial charge on any atom is -0.466 e. The van der Waals surface area contributed by atoms with Crippen molar-refractivity contribution in [1.82, 2.24) is 0 Å². The van der Waals surface area contributed by atoms with Gasteiger partial charge in [0.2, 0.25) is 0 Å². The summed E-state index contributed by atoms with van der Waals surface area (Å²) in [7, 11) is 4.29. The molecule has 0 unspecified atom stereocenters. The third-order valence-corrected chi connectivity index (χ3v) is 14.5. The molecule has 4 atom stereocenters. The quantitative estimate of drug-likeness (QED) is 0.0209. The van der Waals surface area contributed by atoms with Crippen LogP contribution in [0.5, 0.6) is 0 Å². The topological polar surface area (TPSA) is 100 Å². The van der Waals surface area contributed by atoms with Gasteiger partial charge in [-0.3, -0.25) is 0 Å². The van der Waals surface area contributed by atoms with Crippen molar-refractivity contribution in [3.8, 4) is 0 Å². The number of hydrogen-bond acceptors (Lipinski definition) is 10. The van der Waals surface area contributed by atoms with Crippen molar-refractivity contribution in [2.45, 2.75) is 116 Å². The molecule has 52 heavy (non-hydrogen) atoms. The average molecular weight is 753 g/mol. The Morgan fingerprint density at radius 2 is 1.54 bits per heavy atom. The molecular weight excluding hydrogens is 681 g/mol. The zero-order chi connectivity index (χ0) is 39.2. The number of ether oxygens (including phenoxy) is 8. The Bertz CT molecular complexity index is 1180. The van der Waals surface area contributed by atoms with E-state index < -0.39 is 13.7 Å². The average Bonchev–Trinajstić information content (AvgIpc) is 3.10. The maximum absolute atomic E-state index is 11.6. The normalized spacial score (nSPS) is 15.5. The van der Waals surface area contributed by atoms with E-state index in [1.165, 1.54) is 18.8 Å². The number of benzene rings is 1. The summed E-state index contributed by atoms with van der Waals surface area (Å²) in [4.78, 5) is 11.6. The molecule has 0 radical (unpaired) electrons. The first-order valence-corrected chi connectivity index (χ1v) is 21.5. The molecule has 0 bridgehead atoms. The van der Waals surface area contributed by atoms with Crippen LogP contribution in [0.4, 0.5) is 0 Å². The van der Waals surface area contributed by atoms with Crippen molar-refractivity contribution in [1.29, 1.82) is 0 Å². The van der Waals surface area contributed by atoms with E-state index in [0.717, 1.165) is 17.5 Å². The van der Waals surface area contributed by atoms with E-state index in [1.54, 1.807) is 21.3 Å². The molecule has 0 aliphatic carbocycles. The summed E-state index contributed by atoms with van der Waals surface area (Å²) in [5.74, 6) is -0.154.